The number of benzene rings is 2. The van der Waals surface area contributed by atoms with Crippen molar-refractivity contribution in [2.45, 2.75) is 12.6 Å². The van der Waals surface area contributed by atoms with Crippen molar-refractivity contribution in [3.05, 3.63) is 108 Å². The van der Waals surface area contributed by atoms with Crippen LogP contribution < -0.4 is 9.47 Å². The first-order valence-corrected chi connectivity index (χ1v) is 10.7. The SMILES string of the molecule is C=CCOc1ccc([C@@H]2C(=C(O)c3ccc(OC)cc3)C(=O)C(=O)N2Cc2ccncc2)cc1. The highest BCUT2D eigenvalue weighted by Gasteiger charge is 2.46. The van der Waals surface area contributed by atoms with Crippen LogP contribution in [-0.4, -0.2) is 40.4 Å². The minimum atomic E-state index is -0.774. The highest BCUT2D eigenvalue weighted by Crippen LogP contribution is 2.40. The molecule has 2 heterocycles. The van der Waals surface area contributed by atoms with Gasteiger partial charge in [-0.3, -0.25) is 14.6 Å². The fourth-order valence-electron chi connectivity index (χ4n) is 3.88. The number of nitrogens with zero attached hydrogens (tertiary/aromatic N) is 2. The molecule has 1 saturated heterocycles. The monoisotopic (exact) mass is 456 g/mol. The van der Waals surface area contributed by atoms with E-state index in [9.17, 15) is 14.7 Å². The zero-order valence-electron chi connectivity index (χ0n) is 18.7. The van der Waals surface area contributed by atoms with E-state index in [2.05, 4.69) is 11.6 Å². The van der Waals surface area contributed by atoms with Crippen molar-refractivity contribution in [1.29, 1.82) is 0 Å². The molecule has 3 aromatic rings. The summed E-state index contributed by atoms with van der Waals surface area (Å²) in [6.45, 7) is 4.18. The molecule has 4 rings (SSSR count). The summed E-state index contributed by atoms with van der Waals surface area (Å²) in [5.41, 5.74) is 1.94. The first kappa shape index (κ1) is 22.8. The normalized spacial score (nSPS) is 17.0. The second kappa shape index (κ2) is 10.0. The molecule has 0 spiro atoms. The smallest absolute Gasteiger partial charge is 0.295 e. The van der Waals surface area contributed by atoms with Crippen LogP contribution in [0.5, 0.6) is 11.5 Å². The highest BCUT2D eigenvalue weighted by molar-refractivity contribution is 6.46. The van der Waals surface area contributed by atoms with Crippen LogP contribution in [0.3, 0.4) is 0 Å². The molecule has 0 unspecified atom stereocenters. The fraction of sp³-hybridized carbons (Fsp3) is 0.148. The molecule has 1 aromatic heterocycles. The maximum absolute atomic E-state index is 13.2. The van der Waals surface area contributed by atoms with E-state index in [4.69, 9.17) is 9.47 Å². The molecule has 34 heavy (non-hydrogen) atoms. The summed E-state index contributed by atoms with van der Waals surface area (Å²) in [7, 11) is 1.54. The van der Waals surface area contributed by atoms with Crippen LogP contribution in [0.2, 0.25) is 0 Å². The molecule has 1 aliphatic heterocycles. The van der Waals surface area contributed by atoms with Crippen molar-refractivity contribution in [1.82, 2.24) is 9.88 Å². The Balaban J connectivity index is 1.80. The Morgan fingerprint density at radius 2 is 1.68 bits per heavy atom. The van der Waals surface area contributed by atoms with Crippen LogP contribution in [0.1, 0.15) is 22.7 Å². The molecule has 0 bridgehead atoms. The molecule has 7 nitrogen and oxygen atoms in total. The standard InChI is InChI=1S/C27H24N2O5/c1-3-16-34-22-10-4-19(5-11-22)24-23(25(30)20-6-8-21(33-2)9-7-20)26(31)27(32)29(24)17-18-12-14-28-15-13-18/h3-15,24,30H,1,16-17H2,2H3/t24-/m1/s1. The molecular weight excluding hydrogens is 432 g/mol. The summed E-state index contributed by atoms with van der Waals surface area (Å²) in [6.07, 6.45) is 4.90. The fourth-order valence-corrected chi connectivity index (χ4v) is 3.88. The third-order valence-electron chi connectivity index (χ3n) is 5.57. The van der Waals surface area contributed by atoms with E-state index in [1.165, 1.54) is 4.90 Å². The number of aromatic nitrogens is 1. The average Bonchev–Trinajstić information content (AvgIpc) is 3.13. The summed E-state index contributed by atoms with van der Waals surface area (Å²) in [6, 6.07) is 16.6. The van der Waals surface area contributed by atoms with Crippen LogP contribution >= 0.6 is 0 Å². The van der Waals surface area contributed by atoms with E-state index < -0.39 is 17.7 Å². The van der Waals surface area contributed by atoms with E-state index in [0.717, 1.165) is 5.56 Å². The highest BCUT2D eigenvalue weighted by atomic mass is 16.5. The van der Waals surface area contributed by atoms with Gasteiger partial charge in [0.2, 0.25) is 0 Å². The summed E-state index contributed by atoms with van der Waals surface area (Å²) in [5, 5.41) is 11.2. The number of aliphatic hydroxyl groups excluding tert-OH is 1. The van der Waals surface area contributed by atoms with Crippen molar-refractivity contribution in [2.75, 3.05) is 13.7 Å². The first-order chi connectivity index (χ1) is 16.5. The lowest BCUT2D eigenvalue weighted by atomic mass is 9.95. The lowest BCUT2D eigenvalue weighted by Crippen LogP contribution is -2.29. The third kappa shape index (κ3) is 4.54. The molecule has 0 aliphatic carbocycles. The van der Waals surface area contributed by atoms with Crippen LogP contribution in [0, 0.1) is 0 Å². The van der Waals surface area contributed by atoms with Crippen molar-refractivity contribution in [3.63, 3.8) is 0 Å². The zero-order valence-corrected chi connectivity index (χ0v) is 18.7. The van der Waals surface area contributed by atoms with Gasteiger partial charge in [0.25, 0.3) is 11.7 Å². The molecule has 0 radical (unpaired) electrons. The largest absolute Gasteiger partial charge is 0.507 e. The van der Waals surface area contributed by atoms with Gasteiger partial charge >= 0.3 is 0 Å². The van der Waals surface area contributed by atoms with Gasteiger partial charge in [-0.15, -0.1) is 0 Å². The topological polar surface area (TPSA) is 89.0 Å². The number of amides is 1. The molecule has 1 N–H and O–H groups in total. The van der Waals surface area contributed by atoms with Gasteiger partial charge < -0.3 is 19.5 Å². The van der Waals surface area contributed by atoms with Crippen molar-refractivity contribution >= 4 is 17.4 Å². The number of rotatable bonds is 8. The molecule has 1 amide bonds. The number of pyridine rings is 1. The quantitative estimate of drug-likeness (QED) is 0.236. The summed E-state index contributed by atoms with van der Waals surface area (Å²) in [5.74, 6) is -0.412. The Hall–Kier alpha value is -4.39. The predicted octanol–water partition coefficient (Wildman–Crippen LogP) is 4.28. The molecule has 1 aliphatic rings. The average molecular weight is 456 g/mol. The Morgan fingerprint density at radius 1 is 1.03 bits per heavy atom. The Bertz CT molecular complexity index is 1220. The lowest BCUT2D eigenvalue weighted by Gasteiger charge is -2.25. The summed E-state index contributed by atoms with van der Waals surface area (Å²) < 4.78 is 10.7. The maximum Gasteiger partial charge on any atom is 0.295 e. The molecule has 1 atom stereocenters. The summed E-state index contributed by atoms with van der Waals surface area (Å²) in [4.78, 5) is 31.7. The zero-order chi connectivity index (χ0) is 24.1. The van der Waals surface area contributed by atoms with Gasteiger partial charge in [0.1, 0.15) is 23.9 Å². The Labute approximate surface area is 197 Å². The van der Waals surface area contributed by atoms with Crippen LogP contribution in [0.4, 0.5) is 0 Å². The number of ether oxygens (including phenoxy) is 2. The van der Waals surface area contributed by atoms with Crippen molar-refractivity contribution < 1.29 is 24.2 Å². The van der Waals surface area contributed by atoms with Crippen LogP contribution in [0.25, 0.3) is 5.76 Å². The second-order valence-corrected chi connectivity index (χ2v) is 7.68. The second-order valence-electron chi connectivity index (χ2n) is 7.68. The number of carbonyl (C=O) groups is 2. The molecular formula is C27H24N2O5. The van der Waals surface area contributed by atoms with Crippen LogP contribution in [-0.2, 0) is 16.1 Å². The Morgan fingerprint density at radius 3 is 2.29 bits per heavy atom. The van der Waals surface area contributed by atoms with Gasteiger partial charge in [-0.2, -0.15) is 0 Å². The minimum absolute atomic E-state index is 0.0315. The van der Waals surface area contributed by atoms with Crippen molar-refractivity contribution in [3.8, 4) is 11.5 Å². The van der Waals surface area contributed by atoms with E-state index in [1.807, 2.05) is 0 Å². The number of hydrogen-bond acceptors (Lipinski definition) is 6. The summed E-state index contributed by atoms with van der Waals surface area (Å²) >= 11 is 0. The van der Waals surface area contributed by atoms with E-state index in [0.29, 0.717) is 29.2 Å². The molecule has 1 fully saturated rings. The van der Waals surface area contributed by atoms with Crippen molar-refractivity contribution in [2.24, 2.45) is 0 Å². The third-order valence-corrected chi connectivity index (χ3v) is 5.57. The van der Waals surface area contributed by atoms with E-state index >= 15 is 0 Å². The minimum Gasteiger partial charge on any atom is -0.507 e. The van der Waals surface area contributed by atoms with Gasteiger partial charge in [-0.25, -0.2) is 0 Å². The number of likely N-dealkylation sites (tertiary alicyclic amines) is 1. The van der Waals surface area contributed by atoms with Gasteiger partial charge in [-0.05, 0) is 59.7 Å². The number of ketones is 1. The number of Topliss-reactive ketones (excluding diaryl/α,β-unsaturated/α-hetero) is 1. The molecule has 172 valence electrons. The Kier molecular flexibility index (Phi) is 6.73. The molecule has 7 heteroatoms. The van der Waals surface area contributed by atoms with Gasteiger partial charge in [0.05, 0.1) is 18.7 Å². The van der Waals surface area contributed by atoms with Gasteiger partial charge in [0.15, 0.2) is 0 Å². The molecule has 0 saturated carbocycles. The lowest BCUT2D eigenvalue weighted by molar-refractivity contribution is -0.140. The predicted molar refractivity (Wildman–Crippen MR) is 127 cm³/mol. The van der Waals surface area contributed by atoms with Gasteiger partial charge in [-0.1, -0.05) is 24.8 Å². The van der Waals surface area contributed by atoms with E-state index in [-0.39, 0.29) is 17.9 Å². The van der Waals surface area contributed by atoms with Crippen LogP contribution in [0.15, 0.2) is 91.3 Å². The maximum atomic E-state index is 13.2. The first-order valence-electron chi connectivity index (χ1n) is 10.7. The molecule has 2 aromatic carbocycles. The number of aliphatic hydroxyl groups is 1. The number of hydrogen-bond donors (Lipinski definition) is 1. The van der Waals surface area contributed by atoms with E-state index in [1.54, 1.807) is 86.2 Å². The number of carbonyl (C=O) groups excluding carboxylic acids is 2. The van der Waals surface area contributed by atoms with Gasteiger partial charge in [0, 0.05) is 24.5 Å². The number of methoxy groups -OCH3 is 1.